The van der Waals surface area contributed by atoms with Gasteiger partial charge in [0.15, 0.2) is 0 Å². The molecule has 2 aliphatic rings. The molecule has 1 aliphatic carbocycles. The Morgan fingerprint density at radius 2 is 1.89 bits per heavy atom. The highest BCUT2D eigenvalue weighted by Gasteiger charge is 2.62. The standard InChI is InChI=1S/C26H26F2N8O2/c1-16-13-31-25(34-22(16)17-2-4-18(5-3-17)23(37)30-9-8-29)33-19-14-32-36(15-19)20-6-10-35(11-7-20)24(38)21-12-26(21,27)28/h2-5,13-15,20-21H,6-7,9-12H2,1H3,(H,30,37)(H,31,33,34). The minimum absolute atomic E-state index is 0.0575. The lowest BCUT2D eigenvalue weighted by molar-refractivity contribution is -0.136. The van der Waals surface area contributed by atoms with Gasteiger partial charge in [-0.1, -0.05) is 12.1 Å². The Labute approximate surface area is 217 Å². The number of rotatable bonds is 7. The number of aromatic nitrogens is 4. The summed E-state index contributed by atoms with van der Waals surface area (Å²) in [5.41, 5.74) is 3.52. The molecule has 1 atom stereocenters. The maximum atomic E-state index is 13.2. The first-order valence-corrected chi connectivity index (χ1v) is 12.3. The van der Waals surface area contributed by atoms with Crippen LogP contribution in [0, 0.1) is 24.2 Å². The highest BCUT2D eigenvalue weighted by atomic mass is 19.3. The second kappa shape index (κ2) is 10.2. The first-order valence-electron chi connectivity index (χ1n) is 12.3. The fourth-order valence-corrected chi connectivity index (χ4v) is 4.58. The zero-order valence-electron chi connectivity index (χ0n) is 20.7. The van der Waals surface area contributed by atoms with Gasteiger partial charge in [-0.15, -0.1) is 0 Å². The average Bonchev–Trinajstić information content (AvgIpc) is 3.32. The summed E-state index contributed by atoms with van der Waals surface area (Å²) in [7, 11) is 0. The van der Waals surface area contributed by atoms with Crippen LogP contribution >= 0.6 is 0 Å². The van der Waals surface area contributed by atoms with Crippen molar-refractivity contribution >= 4 is 23.5 Å². The molecule has 1 aliphatic heterocycles. The molecule has 3 heterocycles. The van der Waals surface area contributed by atoms with E-state index in [1.807, 2.05) is 23.9 Å². The zero-order valence-corrected chi connectivity index (χ0v) is 20.7. The molecule has 0 bridgehead atoms. The molecule has 10 nitrogen and oxygen atoms in total. The van der Waals surface area contributed by atoms with Crippen LogP contribution in [0.1, 0.15) is 41.2 Å². The van der Waals surface area contributed by atoms with Gasteiger partial charge in [-0.3, -0.25) is 14.3 Å². The van der Waals surface area contributed by atoms with E-state index in [4.69, 9.17) is 5.26 Å². The summed E-state index contributed by atoms with van der Waals surface area (Å²) in [6.45, 7) is 2.70. The lowest BCUT2D eigenvalue weighted by Crippen LogP contribution is -2.40. The summed E-state index contributed by atoms with van der Waals surface area (Å²) in [6.07, 6.45) is 6.16. The Bertz CT molecular complexity index is 1390. The number of carbonyl (C=O) groups is 2. The average molecular weight is 521 g/mol. The second-order valence-corrected chi connectivity index (χ2v) is 9.55. The highest BCUT2D eigenvalue weighted by Crippen LogP contribution is 2.49. The van der Waals surface area contributed by atoms with Gasteiger partial charge in [-0.05, 0) is 37.5 Å². The maximum absolute atomic E-state index is 13.2. The molecule has 0 radical (unpaired) electrons. The van der Waals surface area contributed by atoms with Gasteiger partial charge in [0.2, 0.25) is 11.9 Å². The summed E-state index contributed by atoms with van der Waals surface area (Å²) < 4.78 is 28.3. The zero-order chi connectivity index (χ0) is 26.9. The highest BCUT2D eigenvalue weighted by molar-refractivity contribution is 5.94. The second-order valence-electron chi connectivity index (χ2n) is 9.55. The molecule has 1 saturated carbocycles. The van der Waals surface area contributed by atoms with E-state index in [9.17, 15) is 18.4 Å². The van der Waals surface area contributed by atoms with Crippen LogP contribution in [0.15, 0.2) is 42.9 Å². The molecule has 2 N–H and O–H groups in total. The molecular weight excluding hydrogens is 494 g/mol. The largest absolute Gasteiger partial charge is 0.342 e. The van der Waals surface area contributed by atoms with Crippen molar-refractivity contribution < 1.29 is 18.4 Å². The molecule has 5 rings (SSSR count). The van der Waals surface area contributed by atoms with Crippen LogP contribution in [0.4, 0.5) is 20.4 Å². The van der Waals surface area contributed by atoms with Crippen LogP contribution in [0.25, 0.3) is 11.3 Å². The number of aryl methyl sites for hydroxylation is 1. The number of anilines is 2. The summed E-state index contributed by atoms with van der Waals surface area (Å²) in [6, 6.07) is 8.87. The third kappa shape index (κ3) is 5.32. The molecule has 2 fully saturated rings. The summed E-state index contributed by atoms with van der Waals surface area (Å²) in [4.78, 5) is 34.8. The predicted octanol–water partition coefficient (Wildman–Crippen LogP) is 3.46. The van der Waals surface area contributed by atoms with E-state index in [2.05, 4.69) is 25.7 Å². The molecule has 1 aromatic carbocycles. The Morgan fingerprint density at radius 1 is 1.18 bits per heavy atom. The third-order valence-electron chi connectivity index (χ3n) is 6.85. The van der Waals surface area contributed by atoms with E-state index in [1.54, 1.807) is 36.7 Å². The molecule has 38 heavy (non-hydrogen) atoms. The van der Waals surface area contributed by atoms with Gasteiger partial charge < -0.3 is 15.5 Å². The van der Waals surface area contributed by atoms with Gasteiger partial charge in [0.1, 0.15) is 12.5 Å². The Balaban J connectivity index is 1.21. The molecule has 0 spiro atoms. The minimum Gasteiger partial charge on any atom is -0.342 e. The topological polar surface area (TPSA) is 129 Å². The summed E-state index contributed by atoms with van der Waals surface area (Å²) in [5, 5.41) is 18.7. The van der Waals surface area contributed by atoms with Crippen molar-refractivity contribution in [3.63, 3.8) is 0 Å². The van der Waals surface area contributed by atoms with Gasteiger partial charge in [-0.25, -0.2) is 18.7 Å². The van der Waals surface area contributed by atoms with Crippen LogP contribution in [-0.2, 0) is 4.79 Å². The smallest absolute Gasteiger partial charge is 0.260 e. The molecule has 2 amide bonds. The van der Waals surface area contributed by atoms with Crippen molar-refractivity contribution in [1.29, 1.82) is 5.26 Å². The fraction of sp³-hybridized carbons (Fsp3) is 0.385. The summed E-state index contributed by atoms with van der Waals surface area (Å²) in [5.74, 6) is -4.37. The maximum Gasteiger partial charge on any atom is 0.260 e. The molecule has 1 saturated heterocycles. The van der Waals surface area contributed by atoms with Crippen molar-refractivity contribution in [3.05, 3.63) is 54.0 Å². The molecule has 1 unspecified atom stereocenters. The SMILES string of the molecule is Cc1cnc(Nc2cnn(C3CCN(C(=O)C4CC4(F)F)CC3)c2)nc1-c1ccc(C(=O)NCC#N)cc1. The number of amides is 2. The first-order chi connectivity index (χ1) is 18.2. The molecule has 2 aromatic heterocycles. The molecular formula is C26H26F2N8O2. The number of nitriles is 1. The number of halogens is 2. The van der Waals surface area contributed by atoms with E-state index in [0.717, 1.165) is 11.1 Å². The number of hydrogen-bond donors (Lipinski definition) is 2. The van der Waals surface area contributed by atoms with Crippen LogP contribution in [0.5, 0.6) is 0 Å². The van der Waals surface area contributed by atoms with E-state index in [-0.39, 0.29) is 24.9 Å². The van der Waals surface area contributed by atoms with E-state index >= 15 is 0 Å². The summed E-state index contributed by atoms with van der Waals surface area (Å²) >= 11 is 0. The molecule has 196 valence electrons. The van der Waals surface area contributed by atoms with Gasteiger partial charge in [0, 0.05) is 43.0 Å². The number of benzene rings is 1. The fourth-order valence-electron chi connectivity index (χ4n) is 4.58. The van der Waals surface area contributed by atoms with Crippen LogP contribution < -0.4 is 10.6 Å². The number of hydrogen-bond acceptors (Lipinski definition) is 7. The number of nitrogens with zero attached hydrogens (tertiary/aromatic N) is 6. The van der Waals surface area contributed by atoms with Crippen LogP contribution in [0.2, 0.25) is 0 Å². The Morgan fingerprint density at radius 3 is 2.55 bits per heavy atom. The van der Waals surface area contributed by atoms with Crippen molar-refractivity contribution in [2.75, 3.05) is 25.0 Å². The number of alkyl halides is 2. The minimum atomic E-state index is -2.84. The van der Waals surface area contributed by atoms with Crippen molar-refractivity contribution in [1.82, 2.24) is 30.0 Å². The van der Waals surface area contributed by atoms with Gasteiger partial charge >= 0.3 is 0 Å². The quantitative estimate of drug-likeness (QED) is 0.457. The lowest BCUT2D eigenvalue weighted by Gasteiger charge is -2.32. The van der Waals surface area contributed by atoms with Gasteiger partial charge in [-0.2, -0.15) is 10.4 Å². The normalized spacial score (nSPS) is 18.5. The van der Waals surface area contributed by atoms with Crippen molar-refractivity contribution in [3.8, 4) is 17.3 Å². The third-order valence-corrected chi connectivity index (χ3v) is 6.85. The van der Waals surface area contributed by atoms with Crippen LogP contribution in [0.3, 0.4) is 0 Å². The van der Waals surface area contributed by atoms with E-state index < -0.39 is 17.7 Å². The van der Waals surface area contributed by atoms with Gasteiger partial charge in [0.05, 0.1) is 29.7 Å². The number of piperidine rings is 1. The predicted molar refractivity (Wildman–Crippen MR) is 134 cm³/mol. The van der Waals surface area contributed by atoms with E-state index in [0.29, 0.717) is 48.8 Å². The number of likely N-dealkylation sites (tertiary alicyclic amines) is 1. The van der Waals surface area contributed by atoms with Crippen LogP contribution in [-0.4, -0.2) is 62.0 Å². The molecule has 12 heteroatoms. The lowest BCUT2D eigenvalue weighted by atomic mass is 10.0. The Hall–Kier alpha value is -4.40. The van der Waals surface area contributed by atoms with Crippen molar-refractivity contribution in [2.24, 2.45) is 5.92 Å². The van der Waals surface area contributed by atoms with Crippen molar-refractivity contribution in [2.45, 2.75) is 38.2 Å². The van der Waals surface area contributed by atoms with Gasteiger partial charge in [0.25, 0.3) is 11.8 Å². The molecule has 3 aromatic rings. The van der Waals surface area contributed by atoms with E-state index in [1.165, 1.54) is 4.90 Å². The monoisotopic (exact) mass is 520 g/mol. The number of carbonyl (C=O) groups excluding carboxylic acids is 2. The number of nitrogens with one attached hydrogen (secondary N) is 2. The first kappa shape index (κ1) is 25.3. The Kier molecular flexibility index (Phi) is 6.75.